The Morgan fingerprint density at radius 2 is 2.00 bits per heavy atom. The van der Waals surface area contributed by atoms with Gasteiger partial charge >= 0.3 is 0 Å². The third-order valence-corrected chi connectivity index (χ3v) is 4.21. The Morgan fingerprint density at radius 1 is 1.21 bits per heavy atom. The number of hydrogen-bond acceptors (Lipinski definition) is 2. The third kappa shape index (κ3) is 3.16. The summed E-state index contributed by atoms with van der Waals surface area (Å²) in [5, 5.41) is 0.980. The zero-order chi connectivity index (χ0) is 16.9. The minimum atomic E-state index is 0.00583. The van der Waals surface area contributed by atoms with E-state index in [1.54, 1.807) is 10.8 Å². The molecule has 3 heteroatoms. The average molecular weight is 318 g/mol. The normalized spacial score (nSPS) is 10.9. The lowest BCUT2D eigenvalue weighted by Gasteiger charge is -2.12. The number of aromatic nitrogens is 2. The first-order chi connectivity index (χ1) is 11.7. The van der Waals surface area contributed by atoms with E-state index in [-0.39, 0.29) is 5.56 Å². The van der Waals surface area contributed by atoms with Crippen molar-refractivity contribution in [1.29, 1.82) is 0 Å². The number of hydrogen-bond donors (Lipinski definition) is 0. The van der Waals surface area contributed by atoms with E-state index in [1.165, 1.54) is 5.56 Å². The number of allylic oxidation sites excluding steroid dienone is 1. The molecular formula is C21H22N2O. The highest BCUT2D eigenvalue weighted by Gasteiger charge is 2.11. The second-order valence-electron chi connectivity index (χ2n) is 5.96. The summed E-state index contributed by atoms with van der Waals surface area (Å²) in [5.41, 5.74) is 3.72. The molecule has 0 saturated carbocycles. The number of nitrogens with zero attached hydrogens (tertiary/aromatic N) is 2. The summed E-state index contributed by atoms with van der Waals surface area (Å²) < 4.78 is 1.76. The summed E-state index contributed by atoms with van der Waals surface area (Å²) in [6.07, 6.45) is 6.48. The zero-order valence-electron chi connectivity index (χ0n) is 14.0. The number of rotatable bonds is 6. The van der Waals surface area contributed by atoms with Gasteiger partial charge in [0, 0.05) is 23.7 Å². The van der Waals surface area contributed by atoms with E-state index in [0.717, 1.165) is 41.4 Å². The third-order valence-electron chi connectivity index (χ3n) is 4.21. The van der Waals surface area contributed by atoms with Gasteiger partial charge in [0.25, 0.3) is 5.56 Å². The Bertz CT molecular complexity index is 907. The van der Waals surface area contributed by atoms with Crippen molar-refractivity contribution in [2.24, 2.45) is 0 Å². The van der Waals surface area contributed by atoms with Crippen molar-refractivity contribution in [2.75, 3.05) is 0 Å². The molecule has 0 N–H and O–H groups in total. The van der Waals surface area contributed by atoms with Crippen LogP contribution in [0.3, 0.4) is 0 Å². The standard InChI is InChI=1S/C21H22N2O/c1-3-5-14-23-20-18(8-6-13-22-20)15-19(21(23)24)17-11-9-16(7-4-2)10-12-17/h3,6,8-13,15H,1,4-5,7,14H2,2H3. The molecule has 2 heterocycles. The number of benzene rings is 1. The van der Waals surface area contributed by atoms with Crippen LogP contribution in [0.1, 0.15) is 25.3 Å². The van der Waals surface area contributed by atoms with Gasteiger partial charge in [-0.1, -0.05) is 43.7 Å². The molecule has 0 aliphatic carbocycles. The van der Waals surface area contributed by atoms with Crippen LogP contribution in [0.5, 0.6) is 0 Å². The highest BCUT2D eigenvalue weighted by Crippen LogP contribution is 2.21. The summed E-state index contributed by atoms with van der Waals surface area (Å²) in [6, 6.07) is 14.2. The Labute approximate surface area is 142 Å². The molecule has 3 aromatic rings. The van der Waals surface area contributed by atoms with Crippen LogP contribution in [0, 0.1) is 0 Å². The molecule has 2 aromatic heterocycles. The topological polar surface area (TPSA) is 34.9 Å². The maximum absolute atomic E-state index is 13.0. The van der Waals surface area contributed by atoms with Crippen molar-refractivity contribution in [3.05, 3.63) is 77.2 Å². The molecule has 0 aliphatic rings. The van der Waals surface area contributed by atoms with Crippen molar-refractivity contribution in [3.8, 4) is 11.1 Å². The monoisotopic (exact) mass is 318 g/mol. The van der Waals surface area contributed by atoms with Crippen molar-refractivity contribution < 1.29 is 0 Å². The molecular weight excluding hydrogens is 296 g/mol. The molecule has 3 nitrogen and oxygen atoms in total. The summed E-state index contributed by atoms with van der Waals surface area (Å²) in [7, 11) is 0. The fourth-order valence-corrected chi connectivity index (χ4v) is 2.98. The molecule has 0 spiro atoms. The predicted octanol–water partition coefficient (Wildman–Crippen LogP) is 4.59. The van der Waals surface area contributed by atoms with Gasteiger partial charge in [-0.2, -0.15) is 0 Å². The quantitative estimate of drug-likeness (QED) is 0.623. The van der Waals surface area contributed by atoms with E-state index < -0.39 is 0 Å². The molecule has 1 aromatic carbocycles. The van der Waals surface area contributed by atoms with Gasteiger partial charge in [-0.3, -0.25) is 9.36 Å². The Hall–Kier alpha value is -2.68. The first kappa shape index (κ1) is 16.2. The number of fused-ring (bicyclic) bond motifs is 1. The van der Waals surface area contributed by atoms with E-state index in [9.17, 15) is 4.79 Å². The first-order valence-corrected chi connectivity index (χ1v) is 8.43. The molecule has 0 amide bonds. The van der Waals surface area contributed by atoms with Gasteiger partial charge in [0.2, 0.25) is 0 Å². The van der Waals surface area contributed by atoms with Gasteiger partial charge in [-0.15, -0.1) is 6.58 Å². The van der Waals surface area contributed by atoms with Gasteiger partial charge in [0.1, 0.15) is 5.65 Å². The fraction of sp³-hybridized carbons (Fsp3) is 0.238. The van der Waals surface area contributed by atoms with E-state index in [2.05, 4.69) is 30.6 Å². The molecule has 0 unspecified atom stereocenters. The minimum absolute atomic E-state index is 0.00583. The van der Waals surface area contributed by atoms with Crippen LogP contribution < -0.4 is 5.56 Å². The van der Waals surface area contributed by atoms with Gasteiger partial charge in [-0.25, -0.2) is 4.98 Å². The largest absolute Gasteiger partial charge is 0.292 e. The SMILES string of the molecule is C=CCCn1c(=O)c(-c2ccc(CCC)cc2)cc2cccnc21. The highest BCUT2D eigenvalue weighted by molar-refractivity contribution is 5.81. The van der Waals surface area contributed by atoms with E-state index in [0.29, 0.717) is 6.54 Å². The predicted molar refractivity (Wildman–Crippen MR) is 100 cm³/mol. The lowest BCUT2D eigenvalue weighted by Crippen LogP contribution is -2.22. The summed E-state index contributed by atoms with van der Waals surface area (Å²) in [4.78, 5) is 17.4. The molecule has 0 saturated heterocycles. The van der Waals surface area contributed by atoms with Crippen molar-refractivity contribution >= 4 is 11.0 Å². The molecule has 0 atom stereocenters. The maximum Gasteiger partial charge on any atom is 0.260 e. The summed E-state index contributed by atoms with van der Waals surface area (Å²) >= 11 is 0. The van der Waals surface area contributed by atoms with Crippen LogP contribution in [0.2, 0.25) is 0 Å². The summed E-state index contributed by atoms with van der Waals surface area (Å²) in [5.74, 6) is 0. The minimum Gasteiger partial charge on any atom is -0.292 e. The molecule has 0 bridgehead atoms. The van der Waals surface area contributed by atoms with Crippen LogP contribution in [-0.2, 0) is 13.0 Å². The molecule has 0 aliphatic heterocycles. The molecule has 0 radical (unpaired) electrons. The van der Waals surface area contributed by atoms with E-state index in [1.807, 2.05) is 36.4 Å². The van der Waals surface area contributed by atoms with Crippen molar-refractivity contribution in [2.45, 2.75) is 32.7 Å². The lowest BCUT2D eigenvalue weighted by molar-refractivity contribution is 0.703. The number of pyridine rings is 2. The van der Waals surface area contributed by atoms with Crippen LogP contribution >= 0.6 is 0 Å². The van der Waals surface area contributed by atoms with E-state index in [4.69, 9.17) is 0 Å². The fourth-order valence-electron chi connectivity index (χ4n) is 2.98. The second kappa shape index (κ2) is 7.26. The molecule has 24 heavy (non-hydrogen) atoms. The van der Waals surface area contributed by atoms with Crippen molar-refractivity contribution in [1.82, 2.24) is 9.55 Å². The molecule has 3 rings (SSSR count). The molecule has 0 fully saturated rings. The second-order valence-corrected chi connectivity index (χ2v) is 5.96. The maximum atomic E-state index is 13.0. The van der Waals surface area contributed by atoms with Crippen LogP contribution in [0.25, 0.3) is 22.2 Å². The zero-order valence-corrected chi connectivity index (χ0v) is 14.0. The Kier molecular flexibility index (Phi) is 4.90. The first-order valence-electron chi connectivity index (χ1n) is 8.43. The van der Waals surface area contributed by atoms with E-state index >= 15 is 0 Å². The van der Waals surface area contributed by atoms with Gasteiger partial charge in [0.05, 0.1) is 0 Å². The van der Waals surface area contributed by atoms with Crippen molar-refractivity contribution in [3.63, 3.8) is 0 Å². The lowest BCUT2D eigenvalue weighted by atomic mass is 10.0. The van der Waals surface area contributed by atoms with Gasteiger partial charge in [-0.05, 0) is 42.2 Å². The average Bonchev–Trinajstić information content (AvgIpc) is 2.62. The van der Waals surface area contributed by atoms with Crippen LogP contribution in [0.4, 0.5) is 0 Å². The van der Waals surface area contributed by atoms with Crippen LogP contribution in [0.15, 0.2) is 66.1 Å². The Morgan fingerprint density at radius 3 is 2.71 bits per heavy atom. The Balaban J connectivity index is 2.15. The smallest absolute Gasteiger partial charge is 0.260 e. The summed E-state index contributed by atoms with van der Waals surface area (Å²) in [6.45, 7) is 6.52. The number of aryl methyl sites for hydroxylation is 2. The highest BCUT2D eigenvalue weighted by atomic mass is 16.1. The van der Waals surface area contributed by atoms with Gasteiger partial charge in [0.15, 0.2) is 0 Å². The molecule has 122 valence electrons. The van der Waals surface area contributed by atoms with Gasteiger partial charge < -0.3 is 0 Å². The van der Waals surface area contributed by atoms with Crippen LogP contribution in [-0.4, -0.2) is 9.55 Å².